The van der Waals surface area contributed by atoms with E-state index in [2.05, 4.69) is 9.97 Å². The number of imidazole rings is 1. The highest BCUT2D eigenvalue weighted by Crippen LogP contribution is 2.33. The van der Waals surface area contributed by atoms with Crippen LogP contribution in [-0.4, -0.2) is 33.9 Å². The van der Waals surface area contributed by atoms with Gasteiger partial charge in [-0.25, -0.2) is 9.37 Å². The number of halogens is 2. The van der Waals surface area contributed by atoms with Gasteiger partial charge in [-0.15, -0.1) is 0 Å². The maximum Gasteiger partial charge on any atom is 0.261 e. The number of ether oxygens (including phenoxy) is 1. The largest absolute Gasteiger partial charge is 0.484 e. The molecule has 1 amide bonds. The summed E-state index contributed by atoms with van der Waals surface area (Å²) in [6.07, 6.45) is 3.47. The number of likely N-dealkylation sites (tertiary alicyclic amines) is 1. The van der Waals surface area contributed by atoms with Gasteiger partial charge in [0.15, 0.2) is 6.61 Å². The van der Waals surface area contributed by atoms with Gasteiger partial charge in [0, 0.05) is 17.1 Å². The normalized spacial score (nSPS) is 16.4. The summed E-state index contributed by atoms with van der Waals surface area (Å²) in [6.45, 7) is 0.554. The van der Waals surface area contributed by atoms with Crippen LogP contribution in [0.3, 0.4) is 0 Å². The summed E-state index contributed by atoms with van der Waals surface area (Å²) >= 11 is 6.26. The van der Waals surface area contributed by atoms with E-state index in [1.807, 2.05) is 24.3 Å². The highest BCUT2D eigenvalue weighted by molar-refractivity contribution is 6.33. The van der Waals surface area contributed by atoms with Gasteiger partial charge in [-0.2, -0.15) is 0 Å². The van der Waals surface area contributed by atoms with Crippen LogP contribution in [-0.2, 0) is 4.79 Å². The lowest BCUT2D eigenvalue weighted by Gasteiger charge is -2.23. The van der Waals surface area contributed by atoms with E-state index in [0.29, 0.717) is 17.3 Å². The Bertz CT molecular complexity index is 974. The Morgan fingerprint density at radius 3 is 2.82 bits per heavy atom. The minimum Gasteiger partial charge on any atom is -0.484 e. The zero-order valence-corrected chi connectivity index (χ0v) is 15.8. The quantitative estimate of drug-likeness (QED) is 0.681. The molecule has 0 saturated carbocycles. The third kappa shape index (κ3) is 3.87. The number of benzene rings is 2. The molecule has 1 atom stereocenters. The molecule has 4 rings (SSSR count). The molecule has 1 N–H and O–H groups in total. The minimum atomic E-state index is -0.342. The second-order valence-electron chi connectivity index (χ2n) is 6.65. The fourth-order valence-corrected chi connectivity index (χ4v) is 3.67. The van der Waals surface area contributed by atoms with Crippen molar-refractivity contribution in [2.24, 2.45) is 0 Å². The third-order valence-electron chi connectivity index (χ3n) is 4.82. The second kappa shape index (κ2) is 8.02. The van der Waals surface area contributed by atoms with Crippen molar-refractivity contribution in [3.63, 3.8) is 0 Å². The standard InChI is InChI=1S/C21H19ClFN3O2/c22-17-5-2-1-4-16(17)18-12-24-21(25-18)19-6-3-11-26(19)20(27)13-28-15-9-7-14(23)8-10-15/h1-2,4-5,7-10,12,19H,3,6,11,13H2,(H,24,25). The molecule has 1 aliphatic rings. The molecule has 144 valence electrons. The lowest BCUT2D eigenvalue weighted by molar-refractivity contribution is -0.134. The Labute approximate surface area is 167 Å². The van der Waals surface area contributed by atoms with Gasteiger partial charge in [0.2, 0.25) is 0 Å². The van der Waals surface area contributed by atoms with E-state index in [4.69, 9.17) is 16.3 Å². The molecule has 1 saturated heterocycles. The van der Waals surface area contributed by atoms with E-state index in [-0.39, 0.29) is 24.4 Å². The first-order valence-electron chi connectivity index (χ1n) is 9.09. The van der Waals surface area contributed by atoms with E-state index in [1.165, 1.54) is 24.3 Å². The topological polar surface area (TPSA) is 58.2 Å². The fraction of sp³-hybridized carbons (Fsp3) is 0.238. The predicted octanol–water partition coefficient (Wildman–Crippen LogP) is 4.61. The van der Waals surface area contributed by atoms with Gasteiger partial charge >= 0.3 is 0 Å². The van der Waals surface area contributed by atoms with E-state index in [9.17, 15) is 9.18 Å². The highest BCUT2D eigenvalue weighted by Gasteiger charge is 2.32. The van der Waals surface area contributed by atoms with Crippen molar-refractivity contribution in [3.8, 4) is 17.0 Å². The number of hydrogen-bond donors (Lipinski definition) is 1. The van der Waals surface area contributed by atoms with Crippen LogP contribution in [0.15, 0.2) is 54.7 Å². The van der Waals surface area contributed by atoms with Gasteiger partial charge < -0.3 is 14.6 Å². The van der Waals surface area contributed by atoms with Crippen molar-refractivity contribution in [1.82, 2.24) is 14.9 Å². The van der Waals surface area contributed by atoms with E-state index in [0.717, 1.165) is 29.9 Å². The molecule has 0 radical (unpaired) electrons. The van der Waals surface area contributed by atoms with Gasteiger partial charge in [-0.1, -0.05) is 29.8 Å². The number of nitrogens with zero attached hydrogens (tertiary/aromatic N) is 2. The number of hydrogen-bond acceptors (Lipinski definition) is 3. The van der Waals surface area contributed by atoms with E-state index >= 15 is 0 Å². The molecule has 28 heavy (non-hydrogen) atoms. The first kappa shape index (κ1) is 18.5. The summed E-state index contributed by atoms with van der Waals surface area (Å²) < 4.78 is 18.5. The van der Waals surface area contributed by atoms with E-state index < -0.39 is 0 Å². The van der Waals surface area contributed by atoms with Crippen LogP contribution in [0.4, 0.5) is 4.39 Å². The number of aromatic nitrogens is 2. The smallest absolute Gasteiger partial charge is 0.261 e. The van der Waals surface area contributed by atoms with Gasteiger partial charge in [0.05, 0.1) is 17.9 Å². The number of nitrogens with one attached hydrogen (secondary N) is 1. The fourth-order valence-electron chi connectivity index (χ4n) is 3.43. The summed E-state index contributed by atoms with van der Waals surface area (Å²) in [5.41, 5.74) is 1.70. The number of carbonyl (C=O) groups is 1. The first-order valence-corrected chi connectivity index (χ1v) is 9.47. The number of aromatic amines is 1. The van der Waals surface area contributed by atoms with Crippen LogP contribution < -0.4 is 4.74 Å². The average molecular weight is 400 g/mol. The van der Waals surface area contributed by atoms with Crippen LogP contribution in [0.5, 0.6) is 5.75 Å². The third-order valence-corrected chi connectivity index (χ3v) is 5.15. The molecule has 2 heterocycles. The number of carbonyl (C=O) groups excluding carboxylic acids is 1. The summed E-state index contributed by atoms with van der Waals surface area (Å²) in [4.78, 5) is 22.2. The SMILES string of the molecule is O=C(COc1ccc(F)cc1)N1CCCC1c1ncc(-c2ccccc2Cl)[nH]1. The van der Waals surface area contributed by atoms with Crippen LogP contribution in [0, 0.1) is 5.82 Å². The first-order chi connectivity index (χ1) is 13.6. The van der Waals surface area contributed by atoms with Crippen LogP contribution >= 0.6 is 11.6 Å². The maximum absolute atomic E-state index is 13.0. The van der Waals surface area contributed by atoms with Crippen molar-refractivity contribution in [1.29, 1.82) is 0 Å². The Morgan fingerprint density at radius 2 is 2.04 bits per heavy atom. The number of H-pyrrole nitrogens is 1. The molecular formula is C21H19ClFN3O2. The summed E-state index contributed by atoms with van der Waals surface area (Å²) in [6, 6.07) is 13.0. The van der Waals surface area contributed by atoms with Gasteiger partial charge in [-0.3, -0.25) is 4.79 Å². The van der Waals surface area contributed by atoms with Crippen LogP contribution in [0.1, 0.15) is 24.7 Å². The lowest BCUT2D eigenvalue weighted by Crippen LogP contribution is -2.34. The second-order valence-corrected chi connectivity index (χ2v) is 7.06. The summed E-state index contributed by atoms with van der Waals surface area (Å²) in [5, 5.41) is 0.643. The molecular weight excluding hydrogens is 381 g/mol. The minimum absolute atomic E-state index is 0.0970. The van der Waals surface area contributed by atoms with Crippen LogP contribution in [0.25, 0.3) is 11.3 Å². The number of amides is 1. The van der Waals surface area contributed by atoms with Crippen molar-refractivity contribution in [2.45, 2.75) is 18.9 Å². The van der Waals surface area contributed by atoms with Crippen molar-refractivity contribution in [3.05, 3.63) is 71.4 Å². The lowest BCUT2D eigenvalue weighted by atomic mass is 10.2. The van der Waals surface area contributed by atoms with E-state index in [1.54, 1.807) is 11.1 Å². The van der Waals surface area contributed by atoms with Crippen molar-refractivity contribution < 1.29 is 13.9 Å². The molecule has 1 aliphatic heterocycles. The Morgan fingerprint density at radius 1 is 1.25 bits per heavy atom. The molecule has 3 aromatic rings. The Kier molecular flexibility index (Phi) is 5.30. The summed E-state index contributed by atoms with van der Waals surface area (Å²) in [5.74, 6) is 0.736. The van der Waals surface area contributed by atoms with Crippen molar-refractivity contribution >= 4 is 17.5 Å². The number of rotatable bonds is 5. The van der Waals surface area contributed by atoms with Crippen LogP contribution in [0.2, 0.25) is 5.02 Å². The van der Waals surface area contributed by atoms with Gasteiger partial charge in [-0.05, 0) is 43.2 Å². The zero-order valence-electron chi connectivity index (χ0n) is 15.1. The molecule has 0 aliphatic carbocycles. The van der Waals surface area contributed by atoms with Gasteiger partial charge in [0.1, 0.15) is 17.4 Å². The highest BCUT2D eigenvalue weighted by atomic mass is 35.5. The zero-order chi connectivity index (χ0) is 19.5. The molecule has 0 bridgehead atoms. The maximum atomic E-state index is 13.0. The monoisotopic (exact) mass is 399 g/mol. The molecule has 0 spiro atoms. The Hall–Kier alpha value is -2.86. The molecule has 5 nitrogen and oxygen atoms in total. The molecule has 1 aromatic heterocycles. The molecule has 1 unspecified atom stereocenters. The average Bonchev–Trinajstić information content (AvgIpc) is 3.37. The summed E-state index contributed by atoms with van der Waals surface area (Å²) in [7, 11) is 0. The molecule has 1 fully saturated rings. The molecule has 7 heteroatoms. The predicted molar refractivity (Wildman–Crippen MR) is 105 cm³/mol. The van der Waals surface area contributed by atoms with Gasteiger partial charge in [0.25, 0.3) is 5.91 Å². The van der Waals surface area contributed by atoms with Crippen molar-refractivity contribution in [2.75, 3.05) is 13.2 Å². The Balaban J connectivity index is 1.45. The molecule has 2 aromatic carbocycles.